The molecule has 2 aliphatic rings. The molecular weight excluding hydrogens is 364 g/mol. The van der Waals surface area contributed by atoms with Crippen LogP contribution in [0.25, 0.3) is 6.08 Å². The summed E-state index contributed by atoms with van der Waals surface area (Å²) in [5, 5.41) is 9.70. The zero-order valence-corrected chi connectivity index (χ0v) is 16.2. The molecule has 1 atom stereocenters. The lowest BCUT2D eigenvalue weighted by molar-refractivity contribution is 0.434. The quantitative estimate of drug-likeness (QED) is 0.700. The smallest absolute Gasteiger partial charge is 0.153 e. The van der Waals surface area contributed by atoms with E-state index in [9.17, 15) is 0 Å². The maximum absolute atomic E-state index is 6.21. The Morgan fingerprint density at radius 1 is 1.19 bits per heavy atom. The number of thioether (sulfide) groups is 1. The molecule has 0 bridgehead atoms. The summed E-state index contributed by atoms with van der Waals surface area (Å²) in [6, 6.07) is 12.2. The highest BCUT2D eigenvalue weighted by atomic mass is 35.5. The normalized spacial score (nSPS) is 18.4. The molecule has 2 N–H and O–H groups in total. The molecule has 2 aliphatic heterocycles. The second kappa shape index (κ2) is 6.78. The zero-order chi connectivity index (χ0) is 18.3. The average molecular weight is 383 g/mol. The Balaban J connectivity index is 1.52. The van der Waals surface area contributed by atoms with Gasteiger partial charge in [0.05, 0.1) is 10.7 Å². The minimum atomic E-state index is 0.0562. The summed E-state index contributed by atoms with van der Waals surface area (Å²) in [5.74, 6) is 1.26. The summed E-state index contributed by atoms with van der Waals surface area (Å²) in [4.78, 5) is 0. The summed E-state index contributed by atoms with van der Waals surface area (Å²) >= 11 is 7.90. The number of aryl methyl sites for hydroxylation is 2. The van der Waals surface area contributed by atoms with E-state index in [1.807, 2.05) is 18.2 Å². The molecule has 0 saturated carbocycles. The molecule has 0 saturated heterocycles. The van der Waals surface area contributed by atoms with E-state index in [0.717, 1.165) is 22.5 Å². The highest BCUT2D eigenvalue weighted by Gasteiger charge is 2.25. The number of fused-ring (bicyclic) bond motifs is 1. The molecule has 4 rings (SSSR count). The van der Waals surface area contributed by atoms with Crippen molar-refractivity contribution in [1.82, 2.24) is 5.32 Å². The van der Waals surface area contributed by atoms with Gasteiger partial charge in [-0.25, -0.2) is 0 Å². The molecule has 0 amide bonds. The van der Waals surface area contributed by atoms with E-state index in [1.54, 1.807) is 11.8 Å². The van der Waals surface area contributed by atoms with Gasteiger partial charge in [-0.2, -0.15) is 0 Å². The number of hydrogen-bond acceptors (Lipinski definition) is 4. The van der Waals surface area contributed by atoms with E-state index in [1.165, 1.54) is 11.1 Å². The van der Waals surface area contributed by atoms with Crippen molar-refractivity contribution in [3.63, 3.8) is 0 Å². The van der Waals surface area contributed by atoms with Crippen molar-refractivity contribution >= 4 is 35.1 Å². The zero-order valence-electron chi connectivity index (χ0n) is 14.6. The topological polar surface area (TPSA) is 33.3 Å². The third-order valence-corrected chi connectivity index (χ3v) is 5.42. The Bertz CT molecular complexity index is 944. The number of rotatable bonds is 3. The van der Waals surface area contributed by atoms with Crippen molar-refractivity contribution < 1.29 is 4.74 Å². The molecule has 0 radical (unpaired) electrons. The molecular formula is C21H19ClN2OS. The van der Waals surface area contributed by atoms with Gasteiger partial charge in [-0.15, -0.1) is 0 Å². The SMILES string of the molecule is C=C1Oc2c(Cl)cccc2C=C1C1=CSC(Nc2cc(C)cc(C)c2)N1. The number of ether oxygens (including phenoxy) is 1. The molecule has 0 aromatic heterocycles. The van der Waals surface area contributed by atoms with Crippen LogP contribution in [0.2, 0.25) is 5.02 Å². The van der Waals surface area contributed by atoms with Gasteiger partial charge in [-0.05, 0) is 54.7 Å². The van der Waals surface area contributed by atoms with E-state index in [0.29, 0.717) is 16.5 Å². The van der Waals surface area contributed by atoms with Crippen molar-refractivity contribution in [2.75, 3.05) is 5.32 Å². The van der Waals surface area contributed by atoms with E-state index < -0.39 is 0 Å². The first-order chi connectivity index (χ1) is 12.5. The third kappa shape index (κ3) is 3.35. The largest absolute Gasteiger partial charge is 0.455 e. The number of hydrogen-bond donors (Lipinski definition) is 2. The Labute approximate surface area is 162 Å². The molecule has 0 aliphatic carbocycles. The van der Waals surface area contributed by atoms with Crippen LogP contribution >= 0.6 is 23.4 Å². The van der Waals surface area contributed by atoms with Gasteiger partial charge in [-0.1, -0.05) is 48.1 Å². The fourth-order valence-electron chi connectivity index (χ4n) is 3.16. The van der Waals surface area contributed by atoms with E-state index >= 15 is 0 Å². The third-order valence-electron chi connectivity index (χ3n) is 4.24. The number of para-hydroxylation sites is 1. The second-order valence-electron chi connectivity index (χ2n) is 6.45. The fourth-order valence-corrected chi connectivity index (χ4v) is 4.24. The van der Waals surface area contributed by atoms with Crippen LogP contribution in [-0.4, -0.2) is 5.50 Å². The summed E-state index contributed by atoms with van der Waals surface area (Å²) < 4.78 is 5.87. The van der Waals surface area contributed by atoms with Crippen molar-refractivity contribution in [2.45, 2.75) is 19.3 Å². The highest BCUT2D eigenvalue weighted by Crippen LogP contribution is 2.40. The molecule has 26 heavy (non-hydrogen) atoms. The Kier molecular flexibility index (Phi) is 4.47. The maximum atomic E-state index is 6.21. The van der Waals surface area contributed by atoms with Gasteiger partial charge in [0.2, 0.25) is 0 Å². The monoisotopic (exact) mass is 382 g/mol. The van der Waals surface area contributed by atoms with Crippen LogP contribution in [0.5, 0.6) is 5.75 Å². The van der Waals surface area contributed by atoms with Crippen LogP contribution in [-0.2, 0) is 0 Å². The first kappa shape index (κ1) is 17.1. The first-order valence-electron chi connectivity index (χ1n) is 8.34. The van der Waals surface area contributed by atoms with E-state index in [2.05, 4.69) is 60.7 Å². The van der Waals surface area contributed by atoms with Gasteiger partial charge in [-0.3, -0.25) is 0 Å². The lowest BCUT2D eigenvalue weighted by Gasteiger charge is -2.23. The van der Waals surface area contributed by atoms with Crippen molar-refractivity contribution in [2.24, 2.45) is 0 Å². The number of halogens is 1. The molecule has 2 aromatic carbocycles. The van der Waals surface area contributed by atoms with Crippen LogP contribution in [0.3, 0.4) is 0 Å². The molecule has 3 nitrogen and oxygen atoms in total. The maximum Gasteiger partial charge on any atom is 0.153 e. The van der Waals surface area contributed by atoms with Gasteiger partial charge in [0, 0.05) is 16.8 Å². The predicted octanol–water partition coefficient (Wildman–Crippen LogP) is 5.82. The van der Waals surface area contributed by atoms with Crippen LogP contribution in [0.15, 0.2) is 65.4 Å². The predicted molar refractivity (Wildman–Crippen MR) is 111 cm³/mol. The molecule has 132 valence electrons. The van der Waals surface area contributed by atoms with Gasteiger partial charge in [0.25, 0.3) is 0 Å². The Morgan fingerprint density at radius 2 is 1.96 bits per heavy atom. The van der Waals surface area contributed by atoms with Crippen LogP contribution in [0, 0.1) is 13.8 Å². The van der Waals surface area contributed by atoms with Gasteiger partial charge in [0.15, 0.2) is 5.75 Å². The Morgan fingerprint density at radius 3 is 2.73 bits per heavy atom. The van der Waals surface area contributed by atoms with E-state index in [4.69, 9.17) is 16.3 Å². The van der Waals surface area contributed by atoms with E-state index in [-0.39, 0.29) is 5.50 Å². The second-order valence-corrected chi connectivity index (χ2v) is 7.84. The van der Waals surface area contributed by atoms with Gasteiger partial charge in [0.1, 0.15) is 11.3 Å². The first-order valence-corrected chi connectivity index (χ1v) is 9.66. The van der Waals surface area contributed by atoms with Crippen LogP contribution in [0.1, 0.15) is 16.7 Å². The molecule has 2 heterocycles. The van der Waals surface area contributed by atoms with Gasteiger partial charge < -0.3 is 15.4 Å². The number of benzene rings is 2. The van der Waals surface area contributed by atoms with Crippen LogP contribution < -0.4 is 15.4 Å². The average Bonchev–Trinajstić information content (AvgIpc) is 3.02. The number of nitrogens with one attached hydrogen (secondary N) is 2. The minimum absolute atomic E-state index is 0.0562. The lowest BCUT2D eigenvalue weighted by atomic mass is 10.0. The highest BCUT2D eigenvalue weighted by molar-refractivity contribution is 8.03. The summed E-state index contributed by atoms with van der Waals surface area (Å²) in [7, 11) is 0. The number of anilines is 1. The summed E-state index contributed by atoms with van der Waals surface area (Å²) in [6.07, 6.45) is 2.06. The fraction of sp³-hybridized carbons (Fsp3) is 0.143. The van der Waals surface area contributed by atoms with Gasteiger partial charge >= 0.3 is 0 Å². The molecule has 5 heteroatoms. The Hall–Kier alpha value is -2.30. The molecule has 1 unspecified atom stereocenters. The van der Waals surface area contributed by atoms with Crippen LogP contribution in [0.4, 0.5) is 5.69 Å². The van der Waals surface area contributed by atoms with Crippen molar-refractivity contribution in [3.8, 4) is 5.75 Å². The minimum Gasteiger partial charge on any atom is -0.455 e. The molecule has 0 fully saturated rings. The van der Waals surface area contributed by atoms with Crippen molar-refractivity contribution in [3.05, 3.63) is 87.1 Å². The standard InChI is InChI=1S/C21H19ClN2OS/c1-12-7-13(2)9-16(8-12)23-21-24-19(11-26-21)17-10-15-5-4-6-18(22)20(15)25-14(17)3/h4-11,21,23-24H,3H2,1-2H3. The summed E-state index contributed by atoms with van der Waals surface area (Å²) in [6.45, 7) is 8.26. The summed E-state index contributed by atoms with van der Waals surface area (Å²) in [5.41, 5.74) is 6.54. The lowest BCUT2D eigenvalue weighted by Crippen LogP contribution is -2.29. The molecule has 2 aromatic rings. The van der Waals surface area contributed by atoms with Crippen molar-refractivity contribution in [1.29, 1.82) is 0 Å². The molecule has 0 spiro atoms.